The molecule has 0 amide bonds. The van der Waals surface area contributed by atoms with Crippen LogP contribution in [0, 0.1) is 26.1 Å². The van der Waals surface area contributed by atoms with Gasteiger partial charge in [-0.1, -0.05) is 0 Å². The summed E-state index contributed by atoms with van der Waals surface area (Å²) < 4.78 is 0. The highest BCUT2D eigenvalue weighted by Crippen LogP contribution is 2.38. The molecule has 0 saturated heterocycles. The first-order valence-corrected chi connectivity index (χ1v) is 6.12. The Labute approximate surface area is 101 Å². The average molecular weight is 254 g/mol. The van der Waals surface area contributed by atoms with Crippen molar-refractivity contribution in [3.8, 4) is 0 Å². The van der Waals surface area contributed by atoms with E-state index < -0.39 is 9.85 Å². The summed E-state index contributed by atoms with van der Waals surface area (Å²) in [6.07, 6.45) is 2.35. The number of nitro benzene ring substituents is 2. The van der Waals surface area contributed by atoms with Crippen molar-refractivity contribution in [2.75, 3.05) is 5.75 Å². The van der Waals surface area contributed by atoms with Gasteiger partial charge in [-0.15, -0.1) is 11.8 Å². The predicted octanol–water partition coefficient (Wildman–Crippen LogP) is 3.01. The molecule has 1 aliphatic rings. The standard InChI is InChI=1S/C10H10N2O4S/c13-11(14)8-3-4-10(9(5-8)12(15)16)17-6-7-1-2-7/h3-5,7H,1-2,6H2. The van der Waals surface area contributed by atoms with Crippen molar-refractivity contribution in [1.29, 1.82) is 0 Å². The first-order chi connectivity index (χ1) is 8.08. The van der Waals surface area contributed by atoms with Gasteiger partial charge < -0.3 is 0 Å². The van der Waals surface area contributed by atoms with Crippen LogP contribution in [0.15, 0.2) is 23.1 Å². The Balaban J connectivity index is 2.23. The number of nitro groups is 2. The smallest absolute Gasteiger partial charge is 0.258 e. The highest BCUT2D eigenvalue weighted by atomic mass is 32.2. The highest BCUT2D eigenvalue weighted by molar-refractivity contribution is 7.99. The van der Waals surface area contributed by atoms with Crippen LogP contribution in [0.25, 0.3) is 0 Å². The van der Waals surface area contributed by atoms with Crippen molar-refractivity contribution in [2.24, 2.45) is 5.92 Å². The second-order valence-corrected chi connectivity index (χ2v) is 4.98. The van der Waals surface area contributed by atoms with Crippen molar-refractivity contribution in [3.63, 3.8) is 0 Å². The Morgan fingerprint density at radius 1 is 1.24 bits per heavy atom. The molecule has 0 heterocycles. The second kappa shape index (κ2) is 4.70. The van der Waals surface area contributed by atoms with E-state index in [1.165, 1.54) is 36.7 Å². The average Bonchev–Trinajstić information content (AvgIpc) is 3.09. The van der Waals surface area contributed by atoms with Crippen LogP contribution in [0.2, 0.25) is 0 Å². The molecule has 0 aromatic heterocycles. The molecule has 17 heavy (non-hydrogen) atoms. The van der Waals surface area contributed by atoms with Crippen LogP contribution in [0.3, 0.4) is 0 Å². The molecule has 0 N–H and O–H groups in total. The van der Waals surface area contributed by atoms with E-state index in [1.807, 2.05) is 0 Å². The van der Waals surface area contributed by atoms with Crippen LogP contribution in [-0.4, -0.2) is 15.6 Å². The molecule has 1 fully saturated rings. The van der Waals surface area contributed by atoms with Crippen molar-refractivity contribution in [2.45, 2.75) is 17.7 Å². The third-order valence-electron chi connectivity index (χ3n) is 2.52. The van der Waals surface area contributed by atoms with Crippen molar-refractivity contribution >= 4 is 23.1 Å². The van der Waals surface area contributed by atoms with Crippen LogP contribution in [0.1, 0.15) is 12.8 Å². The fourth-order valence-electron chi connectivity index (χ4n) is 1.38. The summed E-state index contributed by atoms with van der Waals surface area (Å²) in [6, 6.07) is 3.79. The molecule has 7 heteroatoms. The van der Waals surface area contributed by atoms with Gasteiger partial charge in [-0.25, -0.2) is 0 Å². The maximum absolute atomic E-state index is 10.8. The second-order valence-electron chi connectivity index (χ2n) is 3.92. The summed E-state index contributed by atoms with van der Waals surface area (Å²) in [5.74, 6) is 1.49. The Bertz CT molecular complexity index is 473. The SMILES string of the molecule is O=[N+]([O-])c1ccc(SCC2CC2)c([N+](=O)[O-])c1. The van der Waals surface area contributed by atoms with E-state index in [4.69, 9.17) is 0 Å². The van der Waals surface area contributed by atoms with Crippen LogP contribution >= 0.6 is 11.8 Å². The van der Waals surface area contributed by atoms with Gasteiger partial charge in [0.1, 0.15) is 0 Å². The lowest BCUT2D eigenvalue weighted by Crippen LogP contribution is -1.95. The van der Waals surface area contributed by atoms with E-state index in [0.717, 1.165) is 11.8 Å². The van der Waals surface area contributed by atoms with Gasteiger partial charge in [-0.3, -0.25) is 20.2 Å². The van der Waals surface area contributed by atoms with Gasteiger partial charge in [0, 0.05) is 11.8 Å². The largest absolute Gasteiger partial charge is 0.289 e. The van der Waals surface area contributed by atoms with Crippen molar-refractivity contribution in [3.05, 3.63) is 38.4 Å². The predicted molar refractivity (Wildman–Crippen MR) is 63.2 cm³/mol. The fraction of sp³-hybridized carbons (Fsp3) is 0.400. The molecule has 1 saturated carbocycles. The third kappa shape index (κ3) is 2.94. The lowest BCUT2D eigenvalue weighted by molar-refractivity contribution is -0.396. The first-order valence-electron chi connectivity index (χ1n) is 5.13. The lowest BCUT2D eigenvalue weighted by Gasteiger charge is -2.01. The van der Waals surface area contributed by atoms with E-state index in [-0.39, 0.29) is 11.4 Å². The first kappa shape index (κ1) is 11.8. The summed E-state index contributed by atoms with van der Waals surface area (Å²) >= 11 is 1.40. The molecular formula is C10H10N2O4S. The van der Waals surface area contributed by atoms with E-state index in [2.05, 4.69) is 0 Å². The van der Waals surface area contributed by atoms with E-state index in [9.17, 15) is 20.2 Å². The third-order valence-corrected chi connectivity index (χ3v) is 3.82. The highest BCUT2D eigenvalue weighted by Gasteiger charge is 2.24. The Kier molecular flexibility index (Phi) is 3.28. The normalized spacial score (nSPS) is 14.6. The molecule has 0 radical (unpaired) electrons. The minimum absolute atomic E-state index is 0.176. The maximum Gasteiger partial charge on any atom is 0.289 e. The zero-order valence-electron chi connectivity index (χ0n) is 8.87. The fourth-order valence-corrected chi connectivity index (χ4v) is 2.57. The molecule has 90 valence electrons. The summed E-state index contributed by atoms with van der Waals surface area (Å²) in [6.45, 7) is 0. The Hall–Kier alpha value is -1.63. The van der Waals surface area contributed by atoms with Gasteiger partial charge in [0.25, 0.3) is 11.4 Å². The van der Waals surface area contributed by atoms with E-state index >= 15 is 0 Å². The summed E-state index contributed by atoms with van der Waals surface area (Å²) in [5, 5.41) is 21.4. The molecule has 6 nitrogen and oxygen atoms in total. The molecule has 0 atom stereocenters. The molecule has 0 aliphatic heterocycles. The number of nitrogens with zero attached hydrogens (tertiary/aromatic N) is 2. The van der Waals surface area contributed by atoms with Crippen molar-refractivity contribution < 1.29 is 9.85 Å². The number of hydrogen-bond donors (Lipinski definition) is 0. The monoisotopic (exact) mass is 254 g/mol. The lowest BCUT2D eigenvalue weighted by atomic mass is 10.3. The van der Waals surface area contributed by atoms with Crippen molar-refractivity contribution in [1.82, 2.24) is 0 Å². The van der Waals surface area contributed by atoms with Crippen LogP contribution < -0.4 is 0 Å². The van der Waals surface area contributed by atoms with E-state index in [0.29, 0.717) is 10.8 Å². The molecule has 1 aromatic rings. The Morgan fingerprint density at radius 2 is 1.94 bits per heavy atom. The van der Waals surface area contributed by atoms with Gasteiger partial charge in [-0.2, -0.15) is 0 Å². The molecule has 0 bridgehead atoms. The van der Waals surface area contributed by atoms with Crippen LogP contribution in [0.4, 0.5) is 11.4 Å². The number of non-ortho nitro benzene ring substituents is 1. The Morgan fingerprint density at radius 3 is 2.47 bits per heavy atom. The molecule has 1 aliphatic carbocycles. The minimum atomic E-state index is -0.623. The molecular weight excluding hydrogens is 244 g/mol. The summed E-state index contributed by atoms with van der Waals surface area (Å²) in [5.41, 5.74) is -0.419. The van der Waals surface area contributed by atoms with Crippen LogP contribution in [-0.2, 0) is 0 Å². The molecule has 2 rings (SSSR count). The number of thioether (sulfide) groups is 1. The zero-order valence-corrected chi connectivity index (χ0v) is 9.68. The molecule has 0 spiro atoms. The minimum Gasteiger partial charge on any atom is -0.258 e. The van der Waals surface area contributed by atoms with Gasteiger partial charge in [-0.05, 0) is 24.8 Å². The van der Waals surface area contributed by atoms with Gasteiger partial charge in [0.2, 0.25) is 0 Å². The summed E-state index contributed by atoms with van der Waals surface area (Å²) in [7, 11) is 0. The molecule has 0 unspecified atom stereocenters. The quantitative estimate of drug-likeness (QED) is 0.458. The number of benzene rings is 1. The van der Waals surface area contributed by atoms with Gasteiger partial charge in [0.15, 0.2) is 0 Å². The topological polar surface area (TPSA) is 86.3 Å². The van der Waals surface area contributed by atoms with Gasteiger partial charge in [0.05, 0.1) is 20.8 Å². The number of rotatable bonds is 5. The molecule has 1 aromatic carbocycles. The summed E-state index contributed by atoms with van der Waals surface area (Å²) in [4.78, 5) is 20.7. The van der Waals surface area contributed by atoms with E-state index in [1.54, 1.807) is 0 Å². The number of hydrogen-bond acceptors (Lipinski definition) is 5. The van der Waals surface area contributed by atoms with Crippen LogP contribution in [0.5, 0.6) is 0 Å². The van der Waals surface area contributed by atoms with Gasteiger partial charge >= 0.3 is 0 Å². The zero-order chi connectivity index (χ0) is 12.4. The maximum atomic E-state index is 10.8.